The van der Waals surface area contributed by atoms with Crippen molar-refractivity contribution in [1.82, 2.24) is 4.90 Å². The lowest BCUT2D eigenvalue weighted by Gasteiger charge is -2.47. The number of rotatable bonds is 3. The molecule has 132 valence electrons. The summed E-state index contributed by atoms with van der Waals surface area (Å²) in [6.07, 6.45) is 6.48. The summed E-state index contributed by atoms with van der Waals surface area (Å²) in [5, 5.41) is 0. The molecule has 0 bridgehead atoms. The first-order valence-electron chi connectivity index (χ1n) is 8.83. The van der Waals surface area contributed by atoms with E-state index >= 15 is 0 Å². The fourth-order valence-electron chi connectivity index (χ4n) is 3.69. The maximum absolute atomic E-state index is 12.2. The molecular formula is C17H29NO5. The first-order valence-corrected chi connectivity index (χ1v) is 8.83. The fraction of sp³-hybridized carbons (Fsp3) is 0.941. The summed E-state index contributed by atoms with van der Waals surface area (Å²) in [5.74, 6) is -0.484. The summed E-state index contributed by atoms with van der Waals surface area (Å²) < 4.78 is 0. The number of Topliss-reactive ketones (excluding diaryl/α,β-unsaturated/α-hetero) is 1. The Bertz CT molecular complexity index is 411. The minimum absolute atomic E-state index is 0.0849. The molecule has 0 amide bonds. The predicted molar refractivity (Wildman–Crippen MR) is 83.0 cm³/mol. The third-order valence-electron chi connectivity index (χ3n) is 5.40. The second-order valence-electron chi connectivity index (χ2n) is 7.82. The second kappa shape index (κ2) is 6.76. The van der Waals surface area contributed by atoms with Crippen molar-refractivity contribution >= 4 is 5.78 Å². The van der Waals surface area contributed by atoms with Gasteiger partial charge in [-0.3, -0.25) is 4.79 Å². The first kappa shape index (κ1) is 17.3. The third-order valence-corrected chi connectivity index (χ3v) is 5.40. The maximum Gasteiger partial charge on any atom is 0.234 e. The highest BCUT2D eigenvalue weighted by molar-refractivity contribution is 5.83. The lowest BCUT2D eigenvalue weighted by Crippen LogP contribution is -2.53. The molecule has 3 rings (SSSR count). The molecule has 0 aromatic heterocycles. The largest absolute Gasteiger partial charge is 0.302 e. The first-order chi connectivity index (χ1) is 10.9. The van der Waals surface area contributed by atoms with Crippen LogP contribution in [0.3, 0.4) is 0 Å². The molecule has 0 radical (unpaired) electrons. The van der Waals surface area contributed by atoms with Crippen LogP contribution < -0.4 is 0 Å². The summed E-state index contributed by atoms with van der Waals surface area (Å²) in [6.45, 7) is 2.73. The van der Waals surface area contributed by atoms with Crippen LogP contribution >= 0.6 is 0 Å². The Balaban J connectivity index is 1.49. The average molecular weight is 327 g/mol. The van der Waals surface area contributed by atoms with Gasteiger partial charge in [-0.2, -0.15) is 19.6 Å². The quantitative estimate of drug-likeness (QED) is 0.743. The van der Waals surface area contributed by atoms with Gasteiger partial charge in [-0.1, -0.05) is 6.92 Å². The number of ketones is 1. The van der Waals surface area contributed by atoms with Gasteiger partial charge in [0.2, 0.25) is 11.6 Å². The molecule has 1 saturated heterocycles. The summed E-state index contributed by atoms with van der Waals surface area (Å²) >= 11 is 0. The van der Waals surface area contributed by atoms with Crippen LogP contribution in [0.1, 0.15) is 58.3 Å². The van der Waals surface area contributed by atoms with E-state index in [0.717, 1.165) is 38.5 Å². The van der Waals surface area contributed by atoms with Gasteiger partial charge >= 0.3 is 0 Å². The summed E-state index contributed by atoms with van der Waals surface area (Å²) in [6, 6.07) is 0. The molecule has 2 aliphatic carbocycles. The van der Waals surface area contributed by atoms with Gasteiger partial charge in [0.05, 0.1) is 6.54 Å². The smallest absolute Gasteiger partial charge is 0.234 e. The predicted octanol–water partition coefficient (Wildman–Crippen LogP) is 2.82. The Morgan fingerprint density at radius 1 is 0.913 bits per heavy atom. The van der Waals surface area contributed by atoms with E-state index in [0.29, 0.717) is 31.1 Å². The standard InChI is InChI=1S/C17H29NO5/c1-13-4-8-16(9-5-13)20-22-17(23-21-16)10-6-14(7-11-17)15(19)12-18(2)3/h13-14H,4-12H2,1-3H3. The van der Waals surface area contributed by atoms with Crippen molar-refractivity contribution in [3.63, 3.8) is 0 Å². The van der Waals surface area contributed by atoms with Crippen LogP contribution in [0.4, 0.5) is 0 Å². The molecule has 0 unspecified atom stereocenters. The van der Waals surface area contributed by atoms with E-state index in [1.807, 2.05) is 19.0 Å². The van der Waals surface area contributed by atoms with Crippen molar-refractivity contribution < 1.29 is 24.3 Å². The van der Waals surface area contributed by atoms with Crippen molar-refractivity contribution in [2.24, 2.45) is 11.8 Å². The van der Waals surface area contributed by atoms with Gasteiger partial charge in [0, 0.05) is 31.6 Å². The zero-order valence-corrected chi connectivity index (χ0v) is 14.5. The molecule has 3 fully saturated rings. The van der Waals surface area contributed by atoms with E-state index in [1.165, 1.54) is 0 Å². The normalized spacial score (nSPS) is 41.6. The van der Waals surface area contributed by atoms with Crippen LogP contribution in [0, 0.1) is 11.8 Å². The Hall–Kier alpha value is -0.530. The monoisotopic (exact) mass is 327 g/mol. The molecule has 1 aliphatic heterocycles. The Morgan fingerprint density at radius 3 is 1.78 bits per heavy atom. The Labute approximate surface area is 138 Å². The minimum Gasteiger partial charge on any atom is -0.302 e. The van der Waals surface area contributed by atoms with Gasteiger partial charge in [-0.05, 0) is 45.7 Å². The van der Waals surface area contributed by atoms with Crippen LogP contribution in [0.15, 0.2) is 0 Å². The molecule has 2 spiro atoms. The Kier molecular flexibility index (Phi) is 5.09. The fourth-order valence-corrected chi connectivity index (χ4v) is 3.69. The van der Waals surface area contributed by atoms with Crippen molar-refractivity contribution in [2.45, 2.75) is 69.9 Å². The number of carbonyl (C=O) groups is 1. The number of nitrogens with zero attached hydrogens (tertiary/aromatic N) is 1. The van der Waals surface area contributed by atoms with E-state index in [-0.39, 0.29) is 5.92 Å². The minimum atomic E-state index is -0.830. The molecule has 0 N–H and O–H groups in total. The van der Waals surface area contributed by atoms with Gasteiger partial charge in [0.25, 0.3) is 0 Å². The SMILES string of the molecule is CC1CCC2(CC1)OOC1(CCC(C(=O)CN(C)C)CC1)OO2. The lowest BCUT2D eigenvalue weighted by atomic mass is 9.82. The van der Waals surface area contributed by atoms with Crippen LogP contribution in [0.2, 0.25) is 0 Å². The zero-order valence-electron chi connectivity index (χ0n) is 14.5. The average Bonchev–Trinajstić information content (AvgIpc) is 2.54. The molecule has 0 aromatic carbocycles. The van der Waals surface area contributed by atoms with Crippen LogP contribution in [0.25, 0.3) is 0 Å². The number of carbonyl (C=O) groups excluding carboxylic acids is 1. The molecule has 1 heterocycles. The highest BCUT2D eigenvalue weighted by Gasteiger charge is 2.51. The van der Waals surface area contributed by atoms with Gasteiger partial charge in [-0.25, -0.2) is 0 Å². The molecule has 6 heteroatoms. The van der Waals surface area contributed by atoms with Crippen LogP contribution in [-0.2, 0) is 24.3 Å². The number of likely N-dealkylation sites (N-methyl/N-ethyl adjacent to an activating group) is 1. The van der Waals surface area contributed by atoms with Crippen molar-refractivity contribution in [1.29, 1.82) is 0 Å². The highest BCUT2D eigenvalue weighted by Crippen LogP contribution is 2.45. The number of hydrogen-bond donors (Lipinski definition) is 0. The molecular weight excluding hydrogens is 298 g/mol. The number of hydrogen-bond acceptors (Lipinski definition) is 6. The van der Waals surface area contributed by atoms with Crippen molar-refractivity contribution in [3.05, 3.63) is 0 Å². The van der Waals surface area contributed by atoms with Crippen LogP contribution in [-0.4, -0.2) is 42.9 Å². The third kappa shape index (κ3) is 3.94. The van der Waals surface area contributed by atoms with E-state index in [9.17, 15) is 4.79 Å². The summed E-state index contributed by atoms with van der Waals surface area (Å²) in [4.78, 5) is 36.8. The van der Waals surface area contributed by atoms with Crippen molar-refractivity contribution in [3.8, 4) is 0 Å². The molecule has 2 saturated carbocycles. The van der Waals surface area contributed by atoms with E-state index in [2.05, 4.69) is 6.92 Å². The summed E-state index contributed by atoms with van der Waals surface area (Å²) in [5.41, 5.74) is 0. The van der Waals surface area contributed by atoms with Gasteiger partial charge in [0.15, 0.2) is 0 Å². The zero-order chi connectivity index (χ0) is 16.5. The Morgan fingerprint density at radius 2 is 1.35 bits per heavy atom. The van der Waals surface area contributed by atoms with E-state index < -0.39 is 11.6 Å². The molecule has 3 aliphatic rings. The summed E-state index contributed by atoms with van der Waals surface area (Å²) in [7, 11) is 3.84. The molecule has 0 atom stereocenters. The highest BCUT2D eigenvalue weighted by atomic mass is 17.4. The molecule has 6 nitrogen and oxygen atoms in total. The second-order valence-corrected chi connectivity index (χ2v) is 7.82. The van der Waals surface area contributed by atoms with Gasteiger partial charge < -0.3 is 4.90 Å². The maximum atomic E-state index is 12.2. The molecule has 23 heavy (non-hydrogen) atoms. The van der Waals surface area contributed by atoms with E-state index in [1.54, 1.807) is 0 Å². The molecule has 0 aromatic rings. The van der Waals surface area contributed by atoms with Gasteiger partial charge in [0.1, 0.15) is 5.78 Å². The van der Waals surface area contributed by atoms with Crippen LogP contribution in [0.5, 0.6) is 0 Å². The van der Waals surface area contributed by atoms with E-state index in [4.69, 9.17) is 19.6 Å². The van der Waals surface area contributed by atoms with Crippen molar-refractivity contribution in [2.75, 3.05) is 20.6 Å². The van der Waals surface area contributed by atoms with Gasteiger partial charge in [-0.15, -0.1) is 0 Å². The topological polar surface area (TPSA) is 57.2 Å². The lowest BCUT2D eigenvalue weighted by molar-refractivity contribution is -0.663.